The van der Waals surface area contributed by atoms with Gasteiger partial charge in [0.25, 0.3) is 0 Å². The van der Waals surface area contributed by atoms with Crippen molar-refractivity contribution in [3.8, 4) is 23.0 Å². The molecule has 10 heteroatoms. The number of hydrogen-bond acceptors (Lipinski definition) is 8. The first-order valence-corrected chi connectivity index (χ1v) is 15.4. The first-order valence-electron chi connectivity index (χ1n) is 15.4. The Morgan fingerprint density at radius 1 is 1.00 bits per heavy atom. The molecule has 1 saturated heterocycles. The van der Waals surface area contributed by atoms with Crippen molar-refractivity contribution in [2.75, 3.05) is 27.9 Å². The molecule has 2 heterocycles. The molecule has 3 aliphatic rings. The fourth-order valence-corrected chi connectivity index (χ4v) is 7.52. The van der Waals surface area contributed by atoms with Gasteiger partial charge in [-0.1, -0.05) is 48.5 Å². The fourth-order valence-electron chi connectivity index (χ4n) is 7.52. The van der Waals surface area contributed by atoms with Crippen LogP contribution in [-0.4, -0.2) is 67.1 Å². The van der Waals surface area contributed by atoms with Gasteiger partial charge < -0.3 is 39.4 Å². The molecule has 6 atom stereocenters. The second-order valence-electron chi connectivity index (χ2n) is 12.1. The molecule has 0 spiro atoms. The lowest BCUT2D eigenvalue weighted by Crippen LogP contribution is -2.56. The van der Waals surface area contributed by atoms with Gasteiger partial charge in [0.05, 0.1) is 32.8 Å². The zero-order chi connectivity index (χ0) is 32.8. The molecule has 1 unspecified atom stereocenters. The van der Waals surface area contributed by atoms with Crippen LogP contribution in [0, 0.1) is 5.92 Å². The van der Waals surface area contributed by atoms with Crippen molar-refractivity contribution in [2.45, 2.75) is 56.1 Å². The van der Waals surface area contributed by atoms with Gasteiger partial charge >= 0.3 is 0 Å². The van der Waals surface area contributed by atoms with Crippen molar-refractivity contribution >= 4 is 11.8 Å². The number of amides is 2. The highest BCUT2D eigenvalue weighted by Gasteiger charge is 2.76. The van der Waals surface area contributed by atoms with Crippen LogP contribution in [-0.2, 0) is 20.8 Å². The number of likely N-dealkylation sites (tertiary alicyclic amines) is 1. The Bertz CT molecular complexity index is 1660. The summed E-state index contributed by atoms with van der Waals surface area (Å²) >= 11 is 0. The summed E-state index contributed by atoms with van der Waals surface area (Å²) in [5.74, 6) is -1.37. The van der Waals surface area contributed by atoms with Gasteiger partial charge in [0.2, 0.25) is 11.8 Å². The monoisotopic (exact) mass is 628 g/mol. The van der Waals surface area contributed by atoms with Crippen molar-refractivity contribution in [1.82, 2.24) is 10.2 Å². The number of fused-ring (bicyclic) bond motifs is 4. The summed E-state index contributed by atoms with van der Waals surface area (Å²) in [5, 5.41) is 28.7. The van der Waals surface area contributed by atoms with E-state index >= 15 is 4.79 Å². The molecule has 6 rings (SSSR count). The van der Waals surface area contributed by atoms with Crippen molar-refractivity contribution in [3.63, 3.8) is 0 Å². The summed E-state index contributed by atoms with van der Waals surface area (Å²) in [5.41, 5.74) is -1.88. The number of rotatable bonds is 8. The minimum Gasteiger partial charge on any atom is -0.497 e. The zero-order valence-electron chi connectivity index (χ0n) is 26.7. The van der Waals surface area contributed by atoms with Crippen LogP contribution in [0.3, 0.4) is 0 Å². The summed E-state index contributed by atoms with van der Waals surface area (Å²) in [7, 11) is 4.52. The zero-order valence-corrected chi connectivity index (χ0v) is 26.7. The summed E-state index contributed by atoms with van der Waals surface area (Å²) in [4.78, 5) is 29.7. The van der Waals surface area contributed by atoms with E-state index in [1.54, 1.807) is 68.3 Å². The second-order valence-corrected chi connectivity index (χ2v) is 12.1. The van der Waals surface area contributed by atoms with E-state index in [2.05, 4.69) is 5.32 Å². The molecular formula is C36H40N2O8. The predicted octanol–water partition coefficient (Wildman–Crippen LogP) is 3.99. The highest BCUT2D eigenvalue weighted by Crippen LogP contribution is 2.68. The van der Waals surface area contributed by atoms with Crippen LogP contribution >= 0.6 is 0 Å². The molecule has 1 saturated carbocycles. The average molecular weight is 629 g/mol. The van der Waals surface area contributed by atoms with Gasteiger partial charge in [-0.2, -0.15) is 0 Å². The number of methoxy groups -OCH3 is 3. The van der Waals surface area contributed by atoms with Gasteiger partial charge in [-0.15, -0.1) is 0 Å². The Hall–Kier alpha value is -4.54. The van der Waals surface area contributed by atoms with Gasteiger partial charge in [0, 0.05) is 30.2 Å². The molecule has 242 valence electrons. The van der Waals surface area contributed by atoms with E-state index in [0.29, 0.717) is 47.6 Å². The van der Waals surface area contributed by atoms with Crippen LogP contribution in [0.4, 0.5) is 0 Å². The second kappa shape index (κ2) is 12.0. The van der Waals surface area contributed by atoms with Crippen LogP contribution in [0.5, 0.6) is 23.0 Å². The third-order valence-corrected chi connectivity index (χ3v) is 9.86. The van der Waals surface area contributed by atoms with E-state index in [1.807, 2.05) is 30.3 Å². The molecule has 3 aromatic carbocycles. The molecule has 0 radical (unpaired) electrons. The third-order valence-electron chi connectivity index (χ3n) is 9.86. The summed E-state index contributed by atoms with van der Waals surface area (Å²) in [6.45, 7) is 3.87. The minimum atomic E-state index is -2.18. The molecule has 2 bridgehead atoms. The number of aliphatic hydroxyl groups is 2. The van der Waals surface area contributed by atoms with Crippen molar-refractivity contribution in [1.29, 1.82) is 0 Å². The standard InChI is InChI=1S/C36H40N2O8/c1-6-21(2)32(39)37-28-13-10-18-38(28)33(40)31-29(22-11-8-7-9-12-22)36(23-14-16-24(43-3)17-15-23)34(41)35(31,42)30-26(45-5)19-25(44-4)20-27(30)46-36/h6-9,11-12,14-17,19-20,28-29,31,34,41-42H,10,13,18H2,1-5H3,(H,37,39)/b21-6+/t28-,29+,31-,34?,35+,36+/m0/s1. The lowest BCUT2D eigenvalue weighted by Gasteiger charge is -2.45. The summed E-state index contributed by atoms with van der Waals surface area (Å²) in [6.07, 6.45) is 0.710. The topological polar surface area (TPSA) is 127 Å². The number of benzene rings is 3. The Morgan fingerprint density at radius 2 is 1.70 bits per heavy atom. The first-order chi connectivity index (χ1) is 22.1. The molecule has 46 heavy (non-hydrogen) atoms. The maximum Gasteiger partial charge on any atom is 0.248 e. The number of carbonyl (C=O) groups excluding carboxylic acids is 2. The molecule has 0 aromatic heterocycles. The van der Waals surface area contributed by atoms with Crippen molar-refractivity contribution in [3.05, 3.63) is 95.1 Å². The van der Waals surface area contributed by atoms with Crippen LogP contribution in [0.1, 0.15) is 49.3 Å². The third kappa shape index (κ3) is 4.62. The molecule has 2 aliphatic heterocycles. The number of ether oxygens (including phenoxy) is 4. The number of nitrogens with one attached hydrogen (secondary N) is 1. The molecule has 2 amide bonds. The van der Waals surface area contributed by atoms with E-state index in [9.17, 15) is 15.0 Å². The molecule has 3 N–H and O–H groups in total. The lowest BCUT2D eigenvalue weighted by atomic mass is 9.75. The predicted molar refractivity (Wildman–Crippen MR) is 170 cm³/mol. The lowest BCUT2D eigenvalue weighted by molar-refractivity contribution is -0.167. The number of hydrogen-bond donors (Lipinski definition) is 3. The summed E-state index contributed by atoms with van der Waals surface area (Å²) in [6, 6.07) is 19.6. The van der Waals surface area contributed by atoms with E-state index in [-0.39, 0.29) is 23.0 Å². The largest absolute Gasteiger partial charge is 0.497 e. The number of allylic oxidation sites excluding steroid dienone is 1. The smallest absolute Gasteiger partial charge is 0.248 e. The number of nitrogens with zero attached hydrogens (tertiary/aromatic N) is 1. The fraction of sp³-hybridized carbons (Fsp3) is 0.389. The Labute approximate surface area is 268 Å². The van der Waals surface area contributed by atoms with E-state index in [0.717, 1.165) is 0 Å². The van der Waals surface area contributed by atoms with E-state index in [4.69, 9.17) is 18.9 Å². The molecule has 10 nitrogen and oxygen atoms in total. The normalized spacial score (nSPS) is 28.2. The van der Waals surface area contributed by atoms with Gasteiger partial charge in [0.1, 0.15) is 40.9 Å². The van der Waals surface area contributed by atoms with Crippen molar-refractivity contribution < 1.29 is 38.7 Å². The Morgan fingerprint density at radius 3 is 2.33 bits per heavy atom. The van der Waals surface area contributed by atoms with Crippen LogP contribution in [0.15, 0.2) is 78.4 Å². The van der Waals surface area contributed by atoms with Crippen LogP contribution in [0.2, 0.25) is 0 Å². The van der Waals surface area contributed by atoms with E-state index < -0.39 is 41.2 Å². The maximum absolute atomic E-state index is 15.1. The van der Waals surface area contributed by atoms with Gasteiger partial charge in [0.15, 0.2) is 5.60 Å². The quantitative estimate of drug-likeness (QED) is 0.320. The van der Waals surface area contributed by atoms with Gasteiger partial charge in [-0.05, 0) is 49.9 Å². The van der Waals surface area contributed by atoms with Crippen LogP contribution < -0.4 is 24.3 Å². The Balaban J connectivity index is 1.61. The highest BCUT2D eigenvalue weighted by molar-refractivity contribution is 5.93. The molecule has 2 fully saturated rings. The van der Waals surface area contributed by atoms with Gasteiger partial charge in [-0.25, -0.2) is 0 Å². The molecule has 1 aliphatic carbocycles. The van der Waals surface area contributed by atoms with Crippen LogP contribution in [0.25, 0.3) is 0 Å². The molecule has 3 aromatic rings. The van der Waals surface area contributed by atoms with Crippen molar-refractivity contribution in [2.24, 2.45) is 5.92 Å². The highest BCUT2D eigenvalue weighted by atomic mass is 16.5. The van der Waals surface area contributed by atoms with Gasteiger partial charge in [-0.3, -0.25) is 9.59 Å². The minimum absolute atomic E-state index is 0.161. The maximum atomic E-state index is 15.1. The number of aliphatic hydroxyl groups excluding tert-OH is 1. The number of carbonyl (C=O) groups is 2. The molecular weight excluding hydrogens is 588 g/mol. The summed E-state index contributed by atoms with van der Waals surface area (Å²) < 4.78 is 23.6. The average Bonchev–Trinajstić information content (AvgIpc) is 3.59. The Kier molecular flexibility index (Phi) is 8.20. The SMILES string of the molecule is C/C=C(\C)C(=O)N[C@@H]1CCCN1C(=O)[C@@H]1[C@@H](c2ccccc2)[C@@]2(c3ccc(OC)cc3)Oc3cc(OC)cc(OC)c3[C@]1(O)C2O. The first kappa shape index (κ1) is 31.4. The van der Waals surface area contributed by atoms with E-state index in [1.165, 1.54) is 14.2 Å².